The van der Waals surface area contributed by atoms with Crippen molar-refractivity contribution in [2.45, 2.75) is 18.8 Å². The van der Waals surface area contributed by atoms with E-state index in [4.69, 9.17) is 4.98 Å². The van der Waals surface area contributed by atoms with E-state index in [1.165, 1.54) is 11.3 Å². The molecule has 0 unspecified atom stereocenters. The van der Waals surface area contributed by atoms with E-state index in [1.807, 2.05) is 36.5 Å². The van der Waals surface area contributed by atoms with E-state index >= 15 is 0 Å². The Morgan fingerprint density at radius 1 is 1.43 bits per heavy atom. The van der Waals surface area contributed by atoms with Crippen LogP contribution < -0.4 is 15.5 Å². The van der Waals surface area contributed by atoms with Gasteiger partial charge in [0.25, 0.3) is 5.91 Å². The zero-order valence-electron chi connectivity index (χ0n) is 13.4. The van der Waals surface area contributed by atoms with Gasteiger partial charge in [-0.25, -0.2) is 9.97 Å². The quantitative estimate of drug-likeness (QED) is 0.900. The molecule has 122 valence electrons. The van der Waals surface area contributed by atoms with Crippen molar-refractivity contribution in [3.63, 3.8) is 0 Å². The molecule has 0 aliphatic carbocycles. The maximum absolute atomic E-state index is 12.5. The minimum absolute atomic E-state index is 0.176. The average molecular weight is 331 g/mol. The van der Waals surface area contributed by atoms with Gasteiger partial charge in [0, 0.05) is 43.8 Å². The number of hydrogen-bond acceptors (Lipinski definition) is 6. The van der Waals surface area contributed by atoms with Crippen LogP contribution in [0.3, 0.4) is 0 Å². The zero-order chi connectivity index (χ0) is 16.2. The van der Waals surface area contributed by atoms with Crippen LogP contribution in [0.25, 0.3) is 0 Å². The number of rotatable bonds is 4. The number of amides is 1. The summed E-state index contributed by atoms with van der Waals surface area (Å²) in [6.07, 6.45) is 3.97. The van der Waals surface area contributed by atoms with Gasteiger partial charge in [-0.1, -0.05) is 0 Å². The van der Waals surface area contributed by atoms with Crippen molar-refractivity contribution in [3.8, 4) is 0 Å². The monoisotopic (exact) mass is 331 g/mol. The molecule has 23 heavy (non-hydrogen) atoms. The highest BCUT2D eigenvalue weighted by Gasteiger charge is 2.21. The van der Waals surface area contributed by atoms with E-state index in [2.05, 4.69) is 15.6 Å². The molecule has 0 bridgehead atoms. The summed E-state index contributed by atoms with van der Waals surface area (Å²) in [5, 5.41) is 8.66. The lowest BCUT2D eigenvalue weighted by Crippen LogP contribution is -2.29. The maximum Gasteiger partial charge on any atom is 0.261 e. The number of aromatic nitrogens is 2. The van der Waals surface area contributed by atoms with Crippen molar-refractivity contribution in [2.24, 2.45) is 0 Å². The van der Waals surface area contributed by atoms with Gasteiger partial charge in [-0.05, 0) is 31.5 Å². The molecule has 7 heteroatoms. The van der Waals surface area contributed by atoms with Crippen LogP contribution in [0.5, 0.6) is 0 Å². The lowest BCUT2D eigenvalue weighted by Gasteiger charge is -2.24. The molecular weight excluding hydrogens is 310 g/mol. The number of piperidine rings is 1. The molecule has 1 atom stereocenters. The van der Waals surface area contributed by atoms with Gasteiger partial charge in [0.2, 0.25) is 0 Å². The van der Waals surface area contributed by atoms with Crippen molar-refractivity contribution < 1.29 is 4.79 Å². The number of carbonyl (C=O) groups excluding carboxylic acids is 1. The molecule has 0 aromatic carbocycles. The van der Waals surface area contributed by atoms with E-state index in [9.17, 15) is 4.79 Å². The Bertz CT molecular complexity index is 665. The molecule has 0 spiro atoms. The summed E-state index contributed by atoms with van der Waals surface area (Å²) in [6.45, 7) is 2.02. The lowest BCUT2D eigenvalue weighted by atomic mass is 9.95. The number of thiazole rings is 1. The van der Waals surface area contributed by atoms with Crippen LogP contribution in [0.15, 0.2) is 23.7 Å². The Hall–Kier alpha value is -1.99. The Labute approximate surface area is 140 Å². The third-order valence-corrected chi connectivity index (χ3v) is 4.62. The molecule has 1 amide bonds. The number of pyridine rings is 1. The van der Waals surface area contributed by atoms with Crippen molar-refractivity contribution in [1.29, 1.82) is 0 Å². The summed E-state index contributed by atoms with van der Waals surface area (Å²) in [6, 6.07) is 3.84. The third kappa shape index (κ3) is 3.68. The van der Waals surface area contributed by atoms with Gasteiger partial charge >= 0.3 is 0 Å². The molecular formula is C16H21N5OS. The molecule has 0 saturated carbocycles. The topological polar surface area (TPSA) is 70.2 Å². The molecule has 1 aliphatic heterocycles. The molecule has 1 saturated heterocycles. The predicted octanol–water partition coefficient (Wildman–Crippen LogP) is 2.32. The second kappa shape index (κ2) is 7.06. The van der Waals surface area contributed by atoms with Crippen molar-refractivity contribution in [2.75, 3.05) is 37.4 Å². The Morgan fingerprint density at radius 2 is 2.30 bits per heavy atom. The van der Waals surface area contributed by atoms with Gasteiger partial charge < -0.3 is 10.2 Å². The summed E-state index contributed by atoms with van der Waals surface area (Å²) in [4.78, 5) is 23.2. The van der Waals surface area contributed by atoms with E-state index in [0.717, 1.165) is 31.6 Å². The first-order valence-corrected chi connectivity index (χ1v) is 8.63. The Balaban J connectivity index is 1.86. The molecule has 1 aliphatic rings. The van der Waals surface area contributed by atoms with Gasteiger partial charge in [0.05, 0.1) is 5.56 Å². The summed E-state index contributed by atoms with van der Waals surface area (Å²) < 4.78 is 0. The molecule has 2 aromatic heterocycles. The summed E-state index contributed by atoms with van der Waals surface area (Å²) in [5.41, 5.74) is 1.62. The predicted molar refractivity (Wildman–Crippen MR) is 93.5 cm³/mol. The van der Waals surface area contributed by atoms with Crippen LogP contribution in [-0.4, -0.2) is 43.1 Å². The fourth-order valence-corrected chi connectivity index (χ4v) is 3.29. The van der Waals surface area contributed by atoms with Crippen molar-refractivity contribution in [3.05, 3.63) is 35.0 Å². The maximum atomic E-state index is 12.5. The van der Waals surface area contributed by atoms with Gasteiger partial charge in [-0.15, -0.1) is 11.3 Å². The first-order valence-electron chi connectivity index (χ1n) is 7.75. The van der Waals surface area contributed by atoms with Crippen molar-refractivity contribution >= 4 is 28.2 Å². The average Bonchev–Trinajstić information content (AvgIpc) is 3.08. The number of nitrogens with zero attached hydrogens (tertiary/aromatic N) is 3. The van der Waals surface area contributed by atoms with E-state index in [-0.39, 0.29) is 5.91 Å². The molecule has 3 rings (SSSR count). The zero-order valence-corrected chi connectivity index (χ0v) is 14.2. The minimum atomic E-state index is -0.176. The standard InChI is InChI=1S/C16H21N5OS/c1-21(2)14-12(15(22)20-16-18-8-9-23-16)5-6-13(19-14)11-4-3-7-17-10-11/h5-6,8-9,11,17H,3-4,7,10H2,1-2H3,(H,18,20,22)/t11-/m0/s1. The Morgan fingerprint density at radius 3 is 2.96 bits per heavy atom. The second-order valence-corrected chi connectivity index (χ2v) is 6.73. The van der Waals surface area contributed by atoms with Crippen LogP contribution in [0, 0.1) is 0 Å². The van der Waals surface area contributed by atoms with Crippen LogP contribution in [-0.2, 0) is 0 Å². The lowest BCUT2D eigenvalue weighted by molar-refractivity contribution is 0.102. The largest absolute Gasteiger partial charge is 0.362 e. The summed E-state index contributed by atoms with van der Waals surface area (Å²) in [5.74, 6) is 0.935. The Kier molecular flexibility index (Phi) is 4.88. The molecule has 6 nitrogen and oxygen atoms in total. The third-order valence-electron chi connectivity index (χ3n) is 3.93. The van der Waals surface area contributed by atoms with E-state index < -0.39 is 0 Å². The smallest absolute Gasteiger partial charge is 0.261 e. The number of hydrogen-bond donors (Lipinski definition) is 2. The summed E-state index contributed by atoms with van der Waals surface area (Å²) in [7, 11) is 3.82. The van der Waals surface area contributed by atoms with E-state index in [1.54, 1.807) is 6.20 Å². The SMILES string of the molecule is CN(C)c1nc([C@H]2CCCNC2)ccc1C(=O)Nc1nccs1. The van der Waals surface area contributed by atoms with Gasteiger partial charge in [-0.3, -0.25) is 10.1 Å². The first-order chi connectivity index (χ1) is 11.1. The highest BCUT2D eigenvalue weighted by atomic mass is 32.1. The van der Waals surface area contributed by atoms with Crippen LogP contribution >= 0.6 is 11.3 Å². The van der Waals surface area contributed by atoms with Gasteiger partial charge in [-0.2, -0.15) is 0 Å². The highest BCUT2D eigenvalue weighted by Crippen LogP contribution is 2.26. The van der Waals surface area contributed by atoms with Crippen molar-refractivity contribution in [1.82, 2.24) is 15.3 Å². The highest BCUT2D eigenvalue weighted by molar-refractivity contribution is 7.13. The molecule has 3 heterocycles. The summed E-state index contributed by atoms with van der Waals surface area (Å²) >= 11 is 1.40. The van der Waals surface area contributed by atoms with Crippen LogP contribution in [0.2, 0.25) is 0 Å². The number of carbonyl (C=O) groups is 1. The van der Waals surface area contributed by atoms with Crippen LogP contribution in [0.4, 0.5) is 10.9 Å². The molecule has 2 N–H and O–H groups in total. The molecule has 1 fully saturated rings. The van der Waals surface area contributed by atoms with Gasteiger partial charge in [0.15, 0.2) is 5.13 Å². The van der Waals surface area contributed by atoms with Gasteiger partial charge in [0.1, 0.15) is 5.82 Å². The first kappa shape index (κ1) is 15.9. The number of anilines is 2. The molecule has 0 radical (unpaired) electrons. The molecule has 2 aromatic rings. The fraction of sp³-hybridized carbons (Fsp3) is 0.438. The van der Waals surface area contributed by atoms with Crippen LogP contribution in [0.1, 0.15) is 34.8 Å². The van der Waals surface area contributed by atoms with E-state index in [0.29, 0.717) is 22.4 Å². The fourth-order valence-electron chi connectivity index (χ4n) is 2.76. The normalized spacial score (nSPS) is 17.7. The minimum Gasteiger partial charge on any atom is -0.362 e. The number of nitrogens with one attached hydrogen (secondary N) is 2. The second-order valence-electron chi connectivity index (χ2n) is 5.84.